The van der Waals surface area contributed by atoms with E-state index in [9.17, 15) is 9.59 Å². The molecule has 6 heteroatoms. The Bertz CT molecular complexity index is 846. The van der Waals surface area contributed by atoms with Crippen LogP contribution in [0.4, 0.5) is 5.69 Å². The lowest BCUT2D eigenvalue weighted by Gasteiger charge is -2.27. The molecule has 1 atom stereocenters. The number of carbonyl (C=O) groups excluding carboxylic acids is 2. The Kier molecular flexibility index (Phi) is 7.25. The average Bonchev–Trinajstić information content (AvgIpc) is 2.77. The Morgan fingerprint density at radius 2 is 1.90 bits per heavy atom. The number of nitrogens with one attached hydrogen (secondary N) is 1. The fourth-order valence-corrected chi connectivity index (χ4v) is 3.26. The lowest BCUT2D eigenvalue weighted by Crippen LogP contribution is -2.40. The third-order valence-corrected chi connectivity index (χ3v) is 5.11. The summed E-state index contributed by atoms with van der Waals surface area (Å²) in [6.45, 7) is 6.45. The molecular weight excluding hydrogens is 368 g/mol. The van der Waals surface area contributed by atoms with Gasteiger partial charge in [0.1, 0.15) is 5.75 Å². The Morgan fingerprint density at radius 1 is 1.14 bits per heavy atom. The van der Waals surface area contributed by atoms with Crippen molar-refractivity contribution in [1.29, 1.82) is 0 Å². The van der Waals surface area contributed by atoms with Gasteiger partial charge in [-0.15, -0.1) is 0 Å². The van der Waals surface area contributed by atoms with E-state index in [0.717, 1.165) is 17.7 Å². The molecule has 154 valence electrons. The zero-order valence-electron chi connectivity index (χ0n) is 17.0. The Balaban J connectivity index is 1.59. The monoisotopic (exact) mass is 396 g/mol. The molecule has 1 aliphatic rings. The molecule has 0 saturated carbocycles. The van der Waals surface area contributed by atoms with Gasteiger partial charge >= 0.3 is 0 Å². The van der Waals surface area contributed by atoms with Gasteiger partial charge in [0.25, 0.3) is 11.8 Å². The second-order valence-electron chi connectivity index (χ2n) is 7.17. The summed E-state index contributed by atoms with van der Waals surface area (Å²) in [7, 11) is 0. The summed E-state index contributed by atoms with van der Waals surface area (Å²) in [4.78, 5) is 26.7. The van der Waals surface area contributed by atoms with E-state index in [0.29, 0.717) is 43.5 Å². The summed E-state index contributed by atoms with van der Waals surface area (Å²) in [6.07, 6.45) is 0.997. The molecule has 0 bridgehead atoms. The minimum absolute atomic E-state index is 0.0527. The van der Waals surface area contributed by atoms with Crippen molar-refractivity contribution in [3.63, 3.8) is 0 Å². The van der Waals surface area contributed by atoms with Crippen LogP contribution in [0.15, 0.2) is 48.5 Å². The molecule has 0 spiro atoms. The first-order chi connectivity index (χ1) is 14.1. The number of anilines is 1. The van der Waals surface area contributed by atoms with E-state index in [2.05, 4.69) is 19.2 Å². The molecule has 0 aliphatic carbocycles. The van der Waals surface area contributed by atoms with Gasteiger partial charge in [0, 0.05) is 24.3 Å². The molecule has 1 saturated heterocycles. The second-order valence-corrected chi connectivity index (χ2v) is 7.17. The number of para-hydroxylation sites is 1. The molecular formula is C23H28N2O4. The van der Waals surface area contributed by atoms with Crippen molar-refractivity contribution in [2.24, 2.45) is 0 Å². The van der Waals surface area contributed by atoms with Crippen LogP contribution in [0.3, 0.4) is 0 Å². The van der Waals surface area contributed by atoms with Crippen LogP contribution in [0.25, 0.3) is 0 Å². The molecule has 1 aliphatic heterocycles. The number of carbonyl (C=O) groups is 2. The molecule has 2 aromatic rings. The molecule has 0 unspecified atom stereocenters. The van der Waals surface area contributed by atoms with Gasteiger partial charge in [-0.25, -0.2) is 0 Å². The van der Waals surface area contributed by atoms with Crippen LogP contribution in [-0.2, 0) is 9.53 Å². The van der Waals surface area contributed by atoms with Crippen LogP contribution in [0.5, 0.6) is 5.75 Å². The highest BCUT2D eigenvalue weighted by Gasteiger charge is 2.19. The van der Waals surface area contributed by atoms with Crippen LogP contribution in [0, 0.1) is 0 Å². The number of rotatable bonds is 7. The highest BCUT2D eigenvalue weighted by Crippen LogP contribution is 2.28. The van der Waals surface area contributed by atoms with E-state index in [1.165, 1.54) is 0 Å². The predicted molar refractivity (Wildman–Crippen MR) is 112 cm³/mol. The molecule has 0 aromatic heterocycles. The number of amides is 2. The number of hydrogen-bond donors (Lipinski definition) is 1. The van der Waals surface area contributed by atoms with Gasteiger partial charge in [0.15, 0.2) is 6.61 Å². The van der Waals surface area contributed by atoms with Gasteiger partial charge in [-0.3, -0.25) is 9.59 Å². The molecule has 2 aromatic carbocycles. The number of benzene rings is 2. The third kappa shape index (κ3) is 5.57. The fourth-order valence-electron chi connectivity index (χ4n) is 3.26. The summed E-state index contributed by atoms with van der Waals surface area (Å²) in [5, 5.41) is 2.81. The van der Waals surface area contributed by atoms with Crippen LogP contribution < -0.4 is 10.1 Å². The van der Waals surface area contributed by atoms with E-state index in [4.69, 9.17) is 9.47 Å². The Morgan fingerprint density at radius 3 is 2.66 bits per heavy atom. The van der Waals surface area contributed by atoms with E-state index < -0.39 is 0 Å². The van der Waals surface area contributed by atoms with Crippen molar-refractivity contribution >= 4 is 17.5 Å². The minimum Gasteiger partial charge on any atom is -0.483 e. The van der Waals surface area contributed by atoms with Crippen LogP contribution in [-0.4, -0.2) is 49.6 Å². The summed E-state index contributed by atoms with van der Waals surface area (Å²) in [6, 6.07) is 14.8. The maximum atomic E-state index is 12.6. The molecule has 1 heterocycles. The van der Waals surface area contributed by atoms with Crippen molar-refractivity contribution in [1.82, 2.24) is 4.90 Å². The number of morpholine rings is 1. The van der Waals surface area contributed by atoms with Gasteiger partial charge in [-0.2, -0.15) is 0 Å². The van der Waals surface area contributed by atoms with Gasteiger partial charge in [-0.1, -0.05) is 38.1 Å². The minimum atomic E-state index is -0.264. The number of hydrogen-bond acceptors (Lipinski definition) is 4. The number of ether oxygens (including phenoxy) is 2. The topological polar surface area (TPSA) is 67.9 Å². The van der Waals surface area contributed by atoms with Gasteiger partial charge in [-0.05, 0) is 42.2 Å². The zero-order valence-corrected chi connectivity index (χ0v) is 17.0. The summed E-state index contributed by atoms with van der Waals surface area (Å²) < 4.78 is 11.1. The Hall–Kier alpha value is -2.86. The van der Waals surface area contributed by atoms with Gasteiger partial charge < -0.3 is 19.7 Å². The average molecular weight is 396 g/mol. The van der Waals surface area contributed by atoms with E-state index in [-0.39, 0.29) is 18.4 Å². The van der Waals surface area contributed by atoms with Crippen molar-refractivity contribution < 1.29 is 19.1 Å². The molecule has 3 rings (SSSR count). The number of nitrogens with zero attached hydrogens (tertiary/aromatic N) is 1. The second kappa shape index (κ2) is 10.1. The maximum Gasteiger partial charge on any atom is 0.262 e. The van der Waals surface area contributed by atoms with E-state index >= 15 is 0 Å². The molecule has 6 nitrogen and oxygen atoms in total. The van der Waals surface area contributed by atoms with E-state index in [1.807, 2.05) is 24.3 Å². The standard InChI is InChI=1S/C23H28N2O4/c1-3-17(2)20-9-4-5-10-21(20)29-16-22(26)24-19-8-6-7-18(15-19)23(27)25-11-13-28-14-12-25/h4-10,15,17H,3,11-14,16H2,1-2H3,(H,24,26)/t17-/m1/s1. The predicted octanol–water partition coefficient (Wildman–Crippen LogP) is 3.69. The van der Waals surface area contributed by atoms with Crippen molar-refractivity contribution in [3.8, 4) is 5.75 Å². The summed E-state index contributed by atoms with van der Waals surface area (Å²) in [5.74, 6) is 0.772. The molecule has 2 amide bonds. The first-order valence-corrected chi connectivity index (χ1v) is 10.1. The Labute approximate surface area is 171 Å². The fraction of sp³-hybridized carbons (Fsp3) is 0.391. The zero-order chi connectivity index (χ0) is 20.6. The van der Waals surface area contributed by atoms with Gasteiger partial charge in [0.05, 0.1) is 13.2 Å². The molecule has 0 radical (unpaired) electrons. The lowest BCUT2D eigenvalue weighted by atomic mass is 9.98. The normalized spacial score (nSPS) is 14.9. The molecule has 29 heavy (non-hydrogen) atoms. The first kappa shape index (κ1) is 20.9. The summed E-state index contributed by atoms with van der Waals surface area (Å²) in [5.41, 5.74) is 2.22. The first-order valence-electron chi connectivity index (χ1n) is 10.1. The SMILES string of the molecule is CC[C@@H](C)c1ccccc1OCC(=O)Nc1cccc(C(=O)N2CCOCC2)c1. The van der Waals surface area contributed by atoms with E-state index in [1.54, 1.807) is 29.2 Å². The van der Waals surface area contributed by atoms with Gasteiger partial charge in [0.2, 0.25) is 0 Å². The summed E-state index contributed by atoms with van der Waals surface area (Å²) >= 11 is 0. The lowest BCUT2D eigenvalue weighted by molar-refractivity contribution is -0.118. The van der Waals surface area contributed by atoms with Crippen molar-refractivity contribution in [3.05, 3.63) is 59.7 Å². The third-order valence-electron chi connectivity index (χ3n) is 5.11. The van der Waals surface area contributed by atoms with Crippen LogP contribution >= 0.6 is 0 Å². The quantitative estimate of drug-likeness (QED) is 0.775. The highest BCUT2D eigenvalue weighted by atomic mass is 16.5. The van der Waals surface area contributed by atoms with Crippen molar-refractivity contribution in [2.75, 3.05) is 38.2 Å². The smallest absolute Gasteiger partial charge is 0.262 e. The molecule has 1 N–H and O–H groups in total. The maximum absolute atomic E-state index is 12.6. The molecule has 1 fully saturated rings. The van der Waals surface area contributed by atoms with Crippen LogP contribution in [0.1, 0.15) is 42.1 Å². The largest absolute Gasteiger partial charge is 0.483 e. The highest BCUT2D eigenvalue weighted by molar-refractivity contribution is 5.97. The van der Waals surface area contributed by atoms with Crippen LogP contribution in [0.2, 0.25) is 0 Å². The van der Waals surface area contributed by atoms with Crippen molar-refractivity contribution in [2.45, 2.75) is 26.2 Å².